The summed E-state index contributed by atoms with van der Waals surface area (Å²) in [5.74, 6) is -0.449. The number of rotatable bonds is 4. The highest BCUT2D eigenvalue weighted by atomic mass is 32.1. The monoisotopic (exact) mass is 368 g/mol. The number of carbonyl (C=O) groups is 1. The summed E-state index contributed by atoms with van der Waals surface area (Å²) in [4.78, 5) is 25.2. The van der Waals surface area contributed by atoms with Gasteiger partial charge in [0.2, 0.25) is 5.76 Å². The van der Waals surface area contributed by atoms with Gasteiger partial charge in [0.1, 0.15) is 5.58 Å². The molecule has 0 radical (unpaired) electrons. The molecule has 0 aliphatic rings. The minimum atomic E-state index is -0.791. The van der Waals surface area contributed by atoms with Crippen molar-refractivity contribution >= 4 is 28.3 Å². The lowest BCUT2D eigenvalue weighted by Gasteiger charge is -2.09. The topological polar surface area (TPSA) is 95.4 Å². The van der Waals surface area contributed by atoms with E-state index in [-0.39, 0.29) is 17.1 Å². The number of hydrogen-bond acceptors (Lipinski definition) is 8. The van der Waals surface area contributed by atoms with E-state index in [1.807, 2.05) is 17.5 Å². The third-order valence-electron chi connectivity index (χ3n) is 3.64. The van der Waals surface area contributed by atoms with E-state index < -0.39 is 12.1 Å². The maximum atomic E-state index is 12.3. The number of benzene rings is 1. The fourth-order valence-corrected chi connectivity index (χ4v) is 3.02. The molecule has 0 fully saturated rings. The van der Waals surface area contributed by atoms with E-state index in [1.54, 1.807) is 31.2 Å². The van der Waals surface area contributed by atoms with Gasteiger partial charge in [-0.25, -0.2) is 4.79 Å². The Morgan fingerprint density at radius 1 is 1.15 bits per heavy atom. The Kier molecular flexibility index (Phi) is 4.10. The minimum Gasteiger partial charge on any atom is -0.449 e. The molecule has 0 saturated carbocycles. The Morgan fingerprint density at radius 2 is 2.00 bits per heavy atom. The first-order valence-corrected chi connectivity index (χ1v) is 8.61. The van der Waals surface area contributed by atoms with Crippen LogP contribution in [0.3, 0.4) is 0 Å². The van der Waals surface area contributed by atoms with Crippen molar-refractivity contribution in [1.29, 1.82) is 0 Å². The van der Waals surface area contributed by atoms with Crippen LogP contribution in [0.2, 0.25) is 0 Å². The molecule has 4 rings (SSSR count). The summed E-state index contributed by atoms with van der Waals surface area (Å²) in [6.07, 6.45) is -0.791. The van der Waals surface area contributed by atoms with E-state index in [1.165, 1.54) is 11.3 Å². The molecule has 0 spiro atoms. The number of thiophene rings is 1. The summed E-state index contributed by atoms with van der Waals surface area (Å²) < 4.78 is 16.3. The van der Waals surface area contributed by atoms with Gasteiger partial charge >= 0.3 is 5.97 Å². The van der Waals surface area contributed by atoms with Crippen LogP contribution in [0.25, 0.3) is 21.7 Å². The molecule has 0 N–H and O–H groups in total. The van der Waals surface area contributed by atoms with Crippen LogP contribution in [-0.4, -0.2) is 16.2 Å². The van der Waals surface area contributed by atoms with Crippen LogP contribution in [0.4, 0.5) is 0 Å². The number of para-hydroxylation sites is 1. The third-order valence-corrected chi connectivity index (χ3v) is 4.50. The van der Waals surface area contributed by atoms with Crippen molar-refractivity contribution in [2.24, 2.45) is 0 Å². The summed E-state index contributed by atoms with van der Waals surface area (Å²) in [5, 5.41) is 10.1. The largest absolute Gasteiger partial charge is 0.449 e. The first-order chi connectivity index (χ1) is 12.6. The fraction of sp³-hybridized carbons (Fsp3) is 0.111. The number of carbonyl (C=O) groups excluding carboxylic acids is 1. The summed E-state index contributed by atoms with van der Waals surface area (Å²) in [6, 6.07) is 11.5. The van der Waals surface area contributed by atoms with Crippen molar-refractivity contribution < 1.29 is 18.4 Å². The van der Waals surface area contributed by atoms with Gasteiger partial charge in [0.15, 0.2) is 11.5 Å². The van der Waals surface area contributed by atoms with Crippen LogP contribution < -0.4 is 5.43 Å². The number of ether oxygens (including phenoxy) is 1. The van der Waals surface area contributed by atoms with Crippen LogP contribution in [0, 0.1) is 0 Å². The van der Waals surface area contributed by atoms with Crippen molar-refractivity contribution in [1.82, 2.24) is 10.2 Å². The number of aromatic nitrogens is 2. The van der Waals surface area contributed by atoms with Gasteiger partial charge in [0.25, 0.3) is 11.8 Å². The van der Waals surface area contributed by atoms with E-state index in [0.29, 0.717) is 16.9 Å². The van der Waals surface area contributed by atoms with Crippen molar-refractivity contribution in [2.45, 2.75) is 13.0 Å². The average molecular weight is 368 g/mol. The van der Waals surface area contributed by atoms with Gasteiger partial charge in [-0.3, -0.25) is 4.79 Å². The van der Waals surface area contributed by atoms with Gasteiger partial charge in [-0.2, -0.15) is 0 Å². The smallest absolute Gasteiger partial charge is 0.375 e. The molecule has 0 aliphatic carbocycles. The lowest BCUT2D eigenvalue weighted by molar-refractivity contribution is 0.0245. The minimum absolute atomic E-state index is 0.157. The van der Waals surface area contributed by atoms with E-state index in [9.17, 15) is 9.59 Å². The summed E-state index contributed by atoms with van der Waals surface area (Å²) in [5.41, 5.74) is 0.00148. The molecule has 0 aliphatic heterocycles. The standard InChI is InChI=1S/C18H12N2O5S/c1-10(16-19-20-17(25-16)15-7-4-8-26-15)23-18(22)14-9-12(21)11-5-2-3-6-13(11)24-14/h2-10H,1H3/t10-/m1/s1. The van der Waals surface area contributed by atoms with Crippen molar-refractivity contribution in [3.05, 3.63) is 69.7 Å². The molecule has 7 nitrogen and oxygen atoms in total. The first kappa shape index (κ1) is 16.2. The van der Waals surface area contributed by atoms with Gasteiger partial charge in [-0.15, -0.1) is 21.5 Å². The number of nitrogens with zero attached hydrogens (tertiary/aromatic N) is 2. The molecule has 0 unspecified atom stereocenters. The van der Waals surface area contributed by atoms with Gasteiger partial charge in [-0.05, 0) is 30.5 Å². The highest BCUT2D eigenvalue weighted by Gasteiger charge is 2.22. The number of hydrogen-bond donors (Lipinski definition) is 0. The molecule has 0 saturated heterocycles. The fourth-order valence-electron chi connectivity index (χ4n) is 2.37. The summed E-state index contributed by atoms with van der Waals surface area (Å²) >= 11 is 1.46. The predicted octanol–water partition coefficient (Wildman–Crippen LogP) is 3.82. The Labute approximate surface area is 150 Å². The molecule has 0 amide bonds. The molecule has 26 heavy (non-hydrogen) atoms. The number of fused-ring (bicyclic) bond motifs is 1. The maximum absolute atomic E-state index is 12.3. The molecular weight excluding hydrogens is 356 g/mol. The van der Waals surface area contributed by atoms with Gasteiger partial charge in [0, 0.05) is 6.07 Å². The van der Waals surface area contributed by atoms with Crippen molar-refractivity contribution in [3.63, 3.8) is 0 Å². The van der Waals surface area contributed by atoms with Crippen LogP contribution in [0.1, 0.15) is 29.5 Å². The normalized spacial score (nSPS) is 12.2. The molecule has 3 heterocycles. The highest BCUT2D eigenvalue weighted by Crippen LogP contribution is 2.26. The number of esters is 1. The second-order valence-electron chi connectivity index (χ2n) is 5.44. The molecule has 1 atom stereocenters. The van der Waals surface area contributed by atoms with E-state index in [0.717, 1.165) is 10.9 Å². The second-order valence-corrected chi connectivity index (χ2v) is 6.39. The zero-order chi connectivity index (χ0) is 18.1. The zero-order valence-electron chi connectivity index (χ0n) is 13.5. The molecule has 130 valence electrons. The SMILES string of the molecule is C[C@@H](OC(=O)c1cc(=O)c2ccccc2o1)c1nnc(-c2cccs2)o1. The van der Waals surface area contributed by atoms with E-state index >= 15 is 0 Å². The van der Waals surface area contributed by atoms with Gasteiger partial charge < -0.3 is 13.6 Å². The molecule has 3 aromatic heterocycles. The quantitative estimate of drug-likeness (QED) is 0.505. The predicted molar refractivity (Wildman–Crippen MR) is 93.9 cm³/mol. The summed E-state index contributed by atoms with van der Waals surface area (Å²) in [7, 11) is 0. The Bertz CT molecular complexity index is 1130. The molecule has 4 aromatic rings. The lowest BCUT2D eigenvalue weighted by atomic mass is 10.2. The van der Waals surface area contributed by atoms with E-state index in [2.05, 4.69) is 10.2 Å². The lowest BCUT2D eigenvalue weighted by Crippen LogP contribution is -2.12. The van der Waals surface area contributed by atoms with Crippen molar-refractivity contribution in [3.8, 4) is 10.8 Å². The molecular formula is C18H12N2O5S. The van der Waals surface area contributed by atoms with Crippen LogP contribution >= 0.6 is 11.3 Å². The van der Waals surface area contributed by atoms with E-state index in [4.69, 9.17) is 13.6 Å². The zero-order valence-corrected chi connectivity index (χ0v) is 14.4. The first-order valence-electron chi connectivity index (χ1n) is 7.73. The Morgan fingerprint density at radius 3 is 2.81 bits per heavy atom. The van der Waals surface area contributed by atoms with Gasteiger partial charge in [0.05, 0.1) is 10.3 Å². The Balaban J connectivity index is 1.55. The van der Waals surface area contributed by atoms with Crippen LogP contribution in [0.5, 0.6) is 0 Å². The van der Waals surface area contributed by atoms with Crippen molar-refractivity contribution in [2.75, 3.05) is 0 Å². The molecule has 1 aromatic carbocycles. The average Bonchev–Trinajstić information content (AvgIpc) is 3.33. The Hall–Kier alpha value is -3.26. The van der Waals surface area contributed by atoms with Crippen LogP contribution in [0.15, 0.2) is 61.5 Å². The molecule has 0 bridgehead atoms. The summed E-state index contributed by atoms with van der Waals surface area (Å²) in [6.45, 7) is 1.60. The van der Waals surface area contributed by atoms with Crippen LogP contribution in [-0.2, 0) is 4.74 Å². The highest BCUT2D eigenvalue weighted by molar-refractivity contribution is 7.13. The van der Waals surface area contributed by atoms with Gasteiger partial charge in [-0.1, -0.05) is 18.2 Å². The third kappa shape index (κ3) is 3.02. The molecule has 8 heteroatoms. The second kappa shape index (κ2) is 6.57. The maximum Gasteiger partial charge on any atom is 0.375 e.